The Bertz CT molecular complexity index is 1670. The number of methoxy groups -OCH3 is 2. The highest BCUT2D eigenvalue weighted by molar-refractivity contribution is 6.02. The highest BCUT2D eigenvalue weighted by Crippen LogP contribution is 2.44. The van der Waals surface area contributed by atoms with Crippen LogP contribution in [0, 0.1) is 5.82 Å². The molecule has 0 aromatic heterocycles. The average Bonchev–Trinajstić information content (AvgIpc) is 2.95. The van der Waals surface area contributed by atoms with E-state index in [0.29, 0.717) is 46.7 Å². The number of rotatable bonds is 10. The van der Waals surface area contributed by atoms with Crippen molar-refractivity contribution in [2.75, 3.05) is 28.3 Å². The Hall–Kier alpha value is -4.64. The summed E-state index contributed by atoms with van der Waals surface area (Å²) in [5, 5.41) is 13.4. The minimum absolute atomic E-state index is 0.285. The lowest BCUT2D eigenvalue weighted by Crippen LogP contribution is -2.43. The number of carboxylic acids is 1. The first kappa shape index (κ1) is 31.3. The number of amides is 1. The first-order chi connectivity index (χ1) is 20.4. The van der Waals surface area contributed by atoms with Crippen LogP contribution in [0.1, 0.15) is 27.0 Å². The van der Waals surface area contributed by atoms with Gasteiger partial charge >= 0.3 is 12.1 Å². The standard InChI is InChI=1S/C32H30F4N2O5/c1-38(2)17-19-14-15-26(42-3)27(29(19)43-4)22-11-6-9-20-18(8-5-10-21(20)22)16-25(31(40)41)37-30(39)28-23(32(34,35)36)12-7-13-24(28)33/h5-15,25H,16-17H2,1-4H3,(H,37,39)(H,40,41)/t25-/m0/s1. The van der Waals surface area contributed by atoms with Gasteiger partial charge in [0.2, 0.25) is 0 Å². The molecule has 1 amide bonds. The second-order valence-electron chi connectivity index (χ2n) is 10.1. The van der Waals surface area contributed by atoms with Crippen LogP contribution in [0.15, 0.2) is 66.7 Å². The van der Waals surface area contributed by atoms with Gasteiger partial charge in [-0.2, -0.15) is 13.2 Å². The predicted molar refractivity (Wildman–Crippen MR) is 154 cm³/mol. The van der Waals surface area contributed by atoms with E-state index in [-0.39, 0.29) is 6.42 Å². The maximum atomic E-state index is 14.4. The van der Waals surface area contributed by atoms with Gasteiger partial charge in [-0.25, -0.2) is 9.18 Å². The zero-order chi connectivity index (χ0) is 31.5. The number of carbonyl (C=O) groups is 2. The van der Waals surface area contributed by atoms with E-state index in [9.17, 15) is 32.3 Å². The molecule has 0 unspecified atom stereocenters. The van der Waals surface area contributed by atoms with Crippen molar-refractivity contribution in [1.82, 2.24) is 10.2 Å². The predicted octanol–water partition coefficient (Wildman–Crippen LogP) is 6.17. The normalized spacial score (nSPS) is 12.3. The average molecular weight is 599 g/mol. The van der Waals surface area contributed by atoms with Crippen LogP contribution in [0.25, 0.3) is 21.9 Å². The lowest BCUT2D eigenvalue weighted by molar-refractivity contribution is -0.139. The van der Waals surface area contributed by atoms with Gasteiger partial charge in [-0.05, 0) is 54.2 Å². The van der Waals surface area contributed by atoms with Crippen molar-refractivity contribution in [3.63, 3.8) is 0 Å². The lowest BCUT2D eigenvalue weighted by Gasteiger charge is -2.21. The molecule has 0 heterocycles. The number of alkyl halides is 3. The summed E-state index contributed by atoms with van der Waals surface area (Å²) < 4.78 is 66.4. The van der Waals surface area contributed by atoms with E-state index in [1.807, 2.05) is 43.3 Å². The second-order valence-corrected chi connectivity index (χ2v) is 10.1. The van der Waals surface area contributed by atoms with Gasteiger partial charge < -0.3 is 24.8 Å². The smallest absolute Gasteiger partial charge is 0.417 e. The number of hydrogen-bond acceptors (Lipinski definition) is 5. The zero-order valence-electron chi connectivity index (χ0n) is 23.9. The monoisotopic (exact) mass is 598 g/mol. The first-order valence-corrected chi connectivity index (χ1v) is 13.2. The molecule has 0 saturated carbocycles. The van der Waals surface area contributed by atoms with Gasteiger partial charge in [-0.1, -0.05) is 48.5 Å². The Labute approximate surface area is 245 Å². The lowest BCUT2D eigenvalue weighted by atomic mass is 9.91. The Morgan fingerprint density at radius 2 is 1.58 bits per heavy atom. The van der Waals surface area contributed by atoms with Crippen molar-refractivity contribution in [1.29, 1.82) is 0 Å². The van der Waals surface area contributed by atoms with Crippen LogP contribution < -0.4 is 14.8 Å². The SMILES string of the molecule is COc1ccc(CN(C)C)c(OC)c1-c1cccc2c(C[C@H](NC(=O)c3c(F)cccc3C(F)(F)F)C(=O)O)cccc12. The Morgan fingerprint density at radius 1 is 0.907 bits per heavy atom. The van der Waals surface area contributed by atoms with E-state index >= 15 is 0 Å². The number of halogens is 4. The van der Waals surface area contributed by atoms with Crippen LogP contribution >= 0.6 is 0 Å². The summed E-state index contributed by atoms with van der Waals surface area (Å²) in [6, 6.07) is 14.8. The summed E-state index contributed by atoms with van der Waals surface area (Å²) in [7, 11) is 6.97. The molecule has 4 aromatic carbocycles. The van der Waals surface area contributed by atoms with Gasteiger partial charge in [0.1, 0.15) is 23.4 Å². The third-order valence-corrected chi connectivity index (χ3v) is 6.97. The van der Waals surface area contributed by atoms with Crippen molar-refractivity contribution < 1.29 is 41.7 Å². The number of hydrogen-bond donors (Lipinski definition) is 2. The number of fused-ring (bicyclic) bond motifs is 1. The molecule has 0 bridgehead atoms. The van der Waals surface area contributed by atoms with Crippen LogP contribution in [-0.2, 0) is 23.9 Å². The molecule has 0 aliphatic carbocycles. The van der Waals surface area contributed by atoms with E-state index in [4.69, 9.17) is 9.47 Å². The summed E-state index contributed by atoms with van der Waals surface area (Å²) in [5.41, 5.74) is 0.0808. The molecule has 7 nitrogen and oxygen atoms in total. The van der Waals surface area contributed by atoms with Gasteiger partial charge in [0.25, 0.3) is 5.91 Å². The highest BCUT2D eigenvalue weighted by atomic mass is 19.4. The molecule has 4 aromatic rings. The summed E-state index contributed by atoms with van der Waals surface area (Å²) in [4.78, 5) is 27.0. The molecule has 4 rings (SSSR count). The molecule has 0 aliphatic heterocycles. The Balaban J connectivity index is 1.78. The maximum absolute atomic E-state index is 14.4. The van der Waals surface area contributed by atoms with E-state index in [0.717, 1.165) is 22.6 Å². The van der Waals surface area contributed by atoms with Crippen molar-refractivity contribution in [2.45, 2.75) is 25.2 Å². The molecule has 1 atom stereocenters. The third-order valence-electron chi connectivity index (χ3n) is 6.97. The van der Waals surface area contributed by atoms with Gasteiger partial charge in [0, 0.05) is 18.5 Å². The highest BCUT2D eigenvalue weighted by Gasteiger charge is 2.37. The largest absolute Gasteiger partial charge is 0.496 e. The minimum atomic E-state index is -5.02. The first-order valence-electron chi connectivity index (χ1n) is 13.2. The molecular formula is C32H30F4N2O5. The number of carbonyl (C=O) groups excluding carboxylic acids is 1. The summed E-state index contributed by atoms with van der Waals surface area (Å²) in [6.45, 7) is 0.592. The topological polar surface area (TPSA) is 88.1 Å². The Morgan fingerprint density at radius 3 is 2.21 bits per heavy atom. The van der Waals surface area contributed by atoms with Crippen LogP contribution in [0.2, 0.25) is 0 Å². The molecule has 226 valence electrons. The molecule has 2 N–H and O–H groups in total. The molecule has 11 heteroatoms. The molecule has 0 radical (unpaired) electrons. The molecule has 0 spiro atoms. The number of nitrogens with one attached hydrogen (secondary N) is 1. The van der Waals surface area contributed by atoms with Crippen LogP contribution in [0.4, 0.5) is 17.6 Å². The number of carboxylic acid groups (broad SMARTS) is 1. The van der Waals surface area contributed by atoms with Gasteiger partial charge in [0.15, 0.2) is 0 Å². The second kappa shape index (κ2) is 12.7. The fourth-order valence-electron chi connectivity index (χ4n) is 5.14. The third kappa shape index (κ3) is 6.56. The molecular weight excluding hydrogens is 568 g/mol. The fraction of sp³-hybridized carbons (Fsp3) is 0.250. The summed E-state index contributed by atoms with van der Waals surface area (Å²) in [6.07, 6.45) is -5.31. The van der Waals surface area contributed by atoms with Crippen LogP contribution in [0.3, 0.4) is 0 Å². The van der Waals surface area contributed by atoms with Crippen molar-refractivity contribution in [3.05, 3.63) is 94.8 Å². The number of ether oxygens (including phenoxy) is 2. The van der Waals surface area contributed by atoms with Crippen molar-refractivity contribution in [2.24, 2.45) is 0 Å². The van der Waals surface area contributed by atoms with E-state index in [2.05, 4.69) is 5.32 Å². The fourth-order valence-corrected chi connectivity index (χ4v) is 5.14. The van der Waals surface area contributed by atoms with Gasteiger partial charge in [-0.3, -0.25) is 4.79 Å². The number of benzene rings is 4. The van der Waals surface area contributed by atoms with Crippen molar-refractivity contribution >= 4 is 22.6 Å². The van der Waals surface area contributed by atoms with Crippen LogP contribution in [0.5, 0.6) is 11.5 Å². The zero-order valence-corrected chi connectivity index (χ0v) is 23.9. The molecule has 0 aliphatic rings. The summed E-state index contributed by atoms with van der Waals surface area (Å²) in [5.74, 6) is -3.23. The van der Waals surface area contributed by atoms with Gasteiger partial charge in [0.05, 0.1) is 30.9 Å². The minimum Gasteiger partial charge on any atom is -0.496 e. The van der Waals surface area contributed by atoms with Crippen molar-refractivity contribution in [3.8, 4) is 22.6 Å². The molecule has 43 heavy (non-hydrogen) atoms. The van der Waals surface area contributed by atoms with E-state index in [1.54, 1.807) is 38.5 Å². The Kier molecular flexibility index (Phi) is 9.24. The van der Waals surface area contributed by atoms with E-state index < -0.39 is 41.0 Å². The summed E-state index contributed by atoms with van der Waals surface area (Å²) >= 11 is 0. The van der Waals surface area contributed by atoms with Gasteiger partial charge in [-0.15, -0.1) is 0 Å². The molecule has 0 saturated heterocycles. The molecule has 0 fully saturated rings. The number of aliphatic carboxylic acids is 1. The van der Waals surface area contributed by atoms with E-state index in [1.165, 1.54) is 0 Å². The van der Waals surface area contributed by atoms with Crippen LogP contribution in [-0.4, -0.2) is 56.2 Å². The number of nitrogens with zero attached hydrogens (tertiary/aromatic N) is 1. The quantitative estimate of drug-likeness (QED) is 0.213. The maximum Gasteiger partial charge on any atom is 0.417 e.